The van der Waals surface area contributed by atoms with Gasteiger partial charge in [0, 0.05) is 31.0 Å². The number of nitrogens with two attached hydrogens (primary N) is 1. The van der Waals surface area contributed by atoms with Crippen LogP contribution in [0.3, 0.4) is 0 Å². The van der Waals surface area contributed by atoms with E-state index in [-0.39, 0.29) is 11.4 Å². The number of nitrogens with one attached hydrogen (secondary N) is 2. The van der Waals surface area contributed by atoms with Gasteiger partial charge in [-0.2, -0.15) is 5.10 Å². The summed E-state index contributed by atoms with van der Waals surface area (Å²) in [5.41, 5.74) is 4.74. The zero-order valence-electron chi connectivity index (χ0n) is 11.3. The average molecular weight is 295 g/mol. The Labute approximate surface area is 117 Å². The van der Waals surface area contributed by atoms with Crippen LogP contribution in [0.5, 0.6) is 0 Å². The number of anilines is 1. The summed E-state index contributed by atoms with van der Waals surface area (Å²) in [5.74, 6) is 5.24. The van der Waals surface area contributed by atoms with Gasteiger partial charge in [0.25, 0.3) is 0 Å². The third-order valence-corrected chi connectivity index (χ3v) is 4.32. The molecule has 2 aromatic rings. The lowest BCUT2D eigenvalue weighted by Gasteiger charge is -2.07. The van der Waals surface area contributed by atoms with E-state index in [9.17, 15) is 8.42 Å². The fourth-order valence-corrected chi connectivity index (χ4v) is 2.82. The second-order valence-corrected chi connectivity index (χ2v) is 6.17. The first-order valence-corrected chi connectivity index (χ1v) is 7.46. The van der Waals surface area contributed by atoms with Crippen molar-refractivity contribution in [1.82, 2.24) is 14.5 Å². The molecule has 0 saturated heterocycles. The molecule has 2 rings (SSSR count). The van der Waals surface area contributed by atoms with Gasteiger partial charge in [-0.05, 0) is 31.2 Å². The van der Waals surface area contributed by atoms with Gasteiger partial charge in [-0.15, -0.1) is 0 Å². The van der Waals surface area contributed by atoms with Crippen LogP contribution in [0.1, 0.15) is 11.3 Å². The zero-order valence-corrected chi connectivity index (χ0v) is 12.1. The molecular weight excluding hydrogens is 278 g/mol. The van der Waals surface area contributed by atoms with E-state index in [0.717, 1.165) is 11.3 Å². The van der Waals surface area contributed by atoms with Crippen LogP contribution in [0, 0.1) is 6.92 Å². The van der Waals surface area contributed by atoms with E-state index in [0.29, 0.717) is 5.69 Å². The van der Waals surface area contributed by atoms with Crippen molar-refractivity contribution in [3.05, 3.63) is 41.7 Å². The van der Waals surface area contributed by atoms with E-state index in [1.807, 2.05) is 6.92 Å². The summed E-state index contributed by atoms with van der Waals surface area (Å²) in [5, 5.41) is 4.17. The molecule has 0 radical (unpaired) electrons. The maximum atomic E-state index is 12.1. The van der Waals surface area contributed by atoms with Crippen LogP contribution in [0.4, 0.5) is 5.69 Å². The Morgan fingerprint density at radius 3 is 2.45 bits per heavy atom. The number of hydrogen-bond acceptors (Lipinski definition) is 5. The van der Waals surface area contributed by atoms with Crippen molar-refractivity contribution < 1.29 is 8.42 Å². The van der Waals surface area contributed by atoms with Crippen molar-refractivity contribution in [2.24, 2.45) is 12.9 Å². The Morgan fingerprint density at radius 1 is 1.30 bits per heavy atom. The summed E-state index contributed by atoms with van der Waals surface area (Å²) >= 11 is 0. The Morgan fingerprint density at radius 2 is 1.95 bits per heavy atom. The molecule has 0 spiro atoms. The van der Waals surface area contributed by atoms with Crippen LogP contribution < -0.4 is 16.0 Å². The second kappa shape index (κ2) is 5.61. The summed E-state index contributed by atoms with van der Waals surface area (Å²) in [6.45, 7) is 2.05. The van der Waals surface area contributed by atoms with E-state index in [2.05, 4.69) is 15.2 Å². The van der Waals surface area contributed by atoms with E-state index in [1.54, 1.807) is 30.1 Å². The SMILES string of the molecule is Cc1nn(C)cc1CNS(=O)(=O)c1ccc(NN)cc1. The van der Waals surface area contributed by atoms with Gasteiger partial charge >= 0.3 is 0 Å². The van der Waals surface area contributed by atoms with Gasteiger partial charge in [-0.3, -0.25) is 10.5 Å². The number of aryl methyl sites for hydroxylation is 2. The van der Waals surface area contributed by atoms with E-state index < -0.39 is 10.0 Å². The van der Waals surface area contributed by atoms with Crippen LogP contribution in [0.25, 0.3) is 0 Å². The van der Waals surface area contributed by atoms with Crippen molar-refractivity contribution in [3.8, 4) is 0 Å². The Balaban J connectivity index is 2.12. The highest BCUT2D eigenvalue weighted by Crippen LogP contribution is 2.14. The highest BCUT2D eigenvalue weighted by Gasteiger charge is 2.14. The summed E-state index contributed by atoms with van der Waals surface area (Å²) in [4.78, 5) is 0.193. The van der Waals surface area contributed by atoms with Gasteiger partial charge in [0.15, 0.2) is 0 Å². The first kappa shape index (κ1) is 14.5. The molecule has 0 fully saturated rings. The molecule has 0 atom stereocenters. The topological polar surface area (TPSA) is 102 Å². The number of benzene rings is 1. The molecule has 0 aliphatic carbocycles. The molecule has 0 aliphatic heterocycles. The quantitative estimate of drug-likeness (QED) is 0.550. The smallest absolute Gasteiger partial charge is 0.240 e. The van der Waals surface area contributed by atoms with Crippen LogP contribution in [-0.2, 0) is 23.6 Å². The fraction of sp³-hybridized carbons (Fsp3) is 0.250. The van der Waals surface area contributed by atoms with Gasteiger partial charge in [-0.1, -0.05) is 0 Å². The monoisotopic (exact) mass is 295 g/mol. The van der Waals surface area contributed by atoms with Crippen molar-refractivity contribution >= 4 is 15.7 Å². The second-order valence-electron chi connectivity index (χ2n) is 4.41. The standard InChI is InChI=1S/C12H17N5O2S/c1-9-10(8-17(2)16-9)7-14-20(18,19)12-5-3-11(15-13)4-6-12/h3-6,8,14-15H,7,13H2,1-2H3. The predicted molar refractivity (Wildman–Crippen MR) is 76.2 cm³/mol. The predicted octanol–water partition coefficient (Wildman–Crippen LogP) is 0.493. The van der Waals surface area contributed by atoms with Crippen LogP contribution in [0.15, 0.2) is 35.4 Å². The number of rotatable bonds is 5. The Hall–Kier alpha value is -1.90. The fourth-order valence-electron chi connectivity index (χ4n) is 1.81. The van der Waals surface area contributed by atoms with Gasteiger partial charge in [0.2, 0.25) is 10.0 Å². The van der Waals surface area contributed by atoms with E-state index >= 15 is 0 Å². The Kier molecular flexibility index (Phi) is 4.07. The highest BCUT2D eigenvalue weighted by molar-refractivity contribution is 7.89. The third kappa shape index (κ3) is 3.16. The highest BCUT2D eigenvalue weighted by atomic mass is 32.2. The van der Waals surface area contributed by atoms with Crippen molar-refractivity contribution in [2.45, 2.75) is 18.4 Å². The van der Waals surface area contributed by atoms with Gasteiger partial charge in [0.1, 0.15) is 0 Å². The minimum Gasteiger partial charge on any atom is -0.324 e. The molecule has 7 nitrogen and oxygen atoms in total. The summed E-state index contributed by atoms with van der Waals surface area (Å²) in [6, 6.07) is 6.19. The molecule has 1 heterocycles. The number of aromatic nitrogens is 2. The summed E-state index contributed by atoms with van der Waals surface area (Å²) < 4.78 is 28.5. The van der Waals surface area contributed by atoms with Gasteiger partial charge in [0.05, 0.1) is 10.6 Å². The molecule has 4 N–H and O–H groups in total. The first-order chi connectivity index (χ1) is 9.42. The average Bonchev–Trinajstić information content (AvgIpc) is 2.75. The largest absolute Gasteiger partial charge is 0.324 e. The van der Waals surface area contributed by atoms with Crippen LogP contribution in [-0.4, -0.2) is 18.2 Å². The molecule has 0 bridgehead atoms. The lowest BCUT2D eigenvalue weighted by molar-refractivity contribution is 0.581. The van der Waals surface area contributed by atoms with E-state index in [1.165, 1.54) is 12.1 Å². The number of nitrogen functional groups attached to an aromatic ring is 1. The number of sulfonamides is 1. The molecule has 0 unspecified atom stereocenters. The van der Waals surface area contributed by atoms with Crippen molar-refractivity contribution in [1.29, 1.82) is 0 Å². The summed E-state index contributed by atoms with van der Waals surface area (Å²) in [6.07, 6.45) is 1.79. The number of nitrogens with zero attached hydrogens (tertiary/aromatic N) is 2. The zero-order chi connectivity index (χ0) is 14.8. The lowest BCUT2D eigenvalue weighted by Crippen LogP contribution is -2.23. The van der Waals surface area contributed by atoms with E-state index in [4.69, 9.17) is 5.84 Å². The molecule has 1 aromatic carbocycles. The minimum absolute atomic E-state index is 0.193. The first-order valence-electron chi connectivity index (χ1n) is 5.98. The Bertz CT molecular complexity index is 691. The molecule has 8 heteroatoms. The van der Waals surface area contributed by atoms with Gasteiger partial charge in [-0.25, -0.2) is 13.1 Å². The molecular formula is C12H17N5O2S. The van der Waals surface area contributed by atoms with Crippen molar-refractivity contribution in [3.63, 3.8) is 0 Å². The minimum atomic E-state index is -3.55. The number of hydrogen-bond donors (Lipinski definition) is 3. The van der Waals surface area contributed by atoms with Crippen LogP contribution >= 0.6 is 0 Å². The molecule has 0 amide bonds. The summed E-state index contributed by atoms with van der Waals surface area (Å²) in [7, 11) is -1.75. The molecule has 20 heavy (non-hydrogen) atoms. The molecule has 1 aromatic heterocycles. The molecule has 0 saturated carbocycles. The normalized spacial score (nSPS) is 11.6. The molecule has 108 valence electrons. The maximum Gasteiger partial charge on any atom is 0.240 e. The van der Waals surface area contributed by atoms with Crippen molar-refractivity contribution in [2.75, 3.05) is 5.43 Å². The van der Waals surface area contributed by atoms with Gasteiger partial charge < -0.3 is 5.43 Å². The molecule has 0 aliphatic rings. The maximum absolute atomic E-state index is 12.1. The number of hydrazine groups is 1. The lowest BCUT2D eigenvalue weighted by atomic mass is 10.3. The third-order valence-electron chi connectivity index (χ3n) is 2.90. The van der Waals surface area contributed by atoms with Crippen LogP contribution in [0.2, 0.25) is 0 Å².